The summed E-state index contributed by atoms with van der Waals surface area (Å²) < 4.78 is 5.45. The number of benzene rings is 1. The second kappa shape index (κ2) is 6.87. The maximum absolute atomic E-state index is 12.6. The molecule has 138 valence electrons. The SMILES string of the molecule is CC(C)(C)OC(=O)N1CCN(N)C(=O)C1Cc1ccc2cncnc2c1. The van der Waals surface area contributed by atoms with E-state index in [0.29, 0.717) is 13.0 Å². The van der Waals surface area contributed by atoms with Crippen LogP contribution >= 0.6 is 0 Å². The highest BCUT2D eigenvalue weighted by Crippen LogP contribution is 2.20. The van der Waals surface area contributed by atoms with E-state index in [9.17, 15) is 9.59 Å². The van der Waals surface area contributed by atoms with Gasteiger partial charge in [0.15, 0.2) is 0 Å². The third-order valence-corrected chi connectivity index (χ3v) is 4.16. The van der Waals surface area contributed by atoms with Crippen molar-refractivity contribution in [2.45, 2.75) is 38.8 Å². The fourth-order valence-electron chi connectivity index (χ4n) is 2.91. The zero-order valence-corrected chi connectivity index (χ0v) is 15.2. The molecule has 2 heterocycles. The average Bonchev–Trinajstić information content (AvgIpc) is 2.57. The van der Waals surface area contributed by atoms with Crippen molar-refractivity contribution in [3.63, 3.8) is 0 Å². The molecule has 1 aliphatic rings. The van der Waals surface area contributed by atoms with Gasteiger partial charge in [0.25, 0.3) is 5.91 Å². The van der Waals surface area contributed by atoms with Gasteiger partial charge in [-0.15, -0.1) is 0 Å². The zero-order chi connectivity index (χ0) is 18.9. The van der Waals surface area contributed by atoms with Crippen LogP contribution in [-0.4, -0.2) is 56.6 Å². The van der Waals surface area contributed by atoms with E-state index in [1.807, 2.05) is 18.2 Å². The molecule has 0 saturated carbocycles. The summed E-state index contributed by atoms with van der Waals surface area (Å²) in [7, 11) is 0. The van der Waals surface area contributed by atoms with Crippen molar-refractivity contribution in [2.24, 2.45) is 5.84 Å². The zero-order valence-electron chi connectivity index (χ0n) is 15.2. The Labute approximate surface area is 151 Å². The van der Waals surface area contributed by atoms with E-state index in [2.05, 4.69) is 9.97 Å². The molecular weight excluding hydrogens is 334 g/mol. The van der Waals surface area contributed by atoms with Crippen molar-refractivity contribution >= 4 is 22.9 Å². The highest BCUT2D eigenvalue weighted by molar-refractivity contribution is 5.87. The van der Waals surface area contributed by atoms with Crippen LogP contribution in [0.15, 0.2) is 30.7 Å². The molecule has 1 aromatic carbocycles. The lowest BCUT2D eigenvalue weighted by molar-refractivity contribution is -0.141. The lowest BCUT2D eigenvalue weighted by atomic mass is 10.0. The number of amides is 2. The summed E-state index contributed by atoms with van der Waals surface area (Å²) in [6.07, 6.45) is 3.04. The summed E-state index contributed by atoms with van der Waals surface area (Å²) in [5.74, 6) is 5.49. The first-order valence-electron chi connectivity index (χ1n) is 8.49. The van der Waals surface area contributed by atoms with Gasteiger partial charge in [-0.3, -0.25) is 14.7 Å². The van der Waals surface area contributed by atoms with Crippen molar-refractivity contribution in [3.05, 3.63) is 36.3 Å². The smallest absolute Gasteiger partial charge is 0.411 e. The van der Waals surface area contributed by atoms with Crippen LogP contribution in [-0.2, 0) is 16.0 Å². The van der Waals surface area contributed by atoms with E-state index in [4.69, 9.17) is 10.6 Å². The van der Waals surface area contributed by atoms with Gasteiger partial charge in [-0.2, -0.15) is 0 Å². The number of hydrazine groups is 1. The third kappa shape index (κ3) is 3.91. The number of nitrogens with two attached hydrogens (primary N) is 1. The molecule has 8 heteroatoms. The number of hydrogen-bond acceptors (Lipinski definition) is 6. The molecule has 1 fully saturated rings. The van der Waals surface area contributed by atoms with Crippen molar-refractivity contribution < 1.29 is 14.3 Å². The van der Waals surface area contributed by atoms with Crippen molar-refractivity contribution in [3.8, 4) is 0 Å². The Morgan fingerprint density at radius 2 is 2.12 bits per heavy atom. The Kier molecular flexibility index (Phi) is 4.78. The first kappa shape index (κ1) is 18.1. The minimum atomic E-state index is -0.706. The number of hydrogen-bond donors (Lipinski definition) is 1. The standard InChI is InChI=1S/C18H23N5O3/c1-18(2,3)26-17(25)22-6-7-23(19)16(24)15(22)9-12-4-5-13-10-20-11-21-14(13)8-12/h4-5,8,10-11,15H,6-7,9,19H2,1-3H3. The first-order valence-corrected chi connectivity index (χ1v) is 8.49. The number of carbonyl (C=O) groups excluding carboxylic acids is 2. The van der Waals surface area contributed by atoms with E-state index in [0.717, 1.165) is 21.5 Å². The van der Waals surface area contributed by atoms with Crippen LogP contribution in [0.25, 0.3) is 10.9 Å². The minimum Gasteiger partial charge on any atom is -0.444 e. The quantitative estimate of drug-likeness (QED) is 0.645. The molecule has 2 N–H and O–H groups in total. The van der Waals surface area contributed by atoms with Gasteiger partial charge in [0.05, 0.1) is 12.1 Å². The topological polar surface area (TPSA) is 102 Å². The van der Waals surface area contributed by atoms with Crippen LogP contribution < -0.4 is 5.84 Å². The van der Waals surface area contributed by atoms with E-state index >= 15 is 0 Å². The van der Waals surface area contributed by atoms with Crippen LogP contribution in [0.3, 0.4) is 0 Å². The molecule has 8 nitrogen and oxygen atoms in total. The van der Waals surface area contributed by atoms with Gasteiger partial charge in [0.1, 0.15) is 18.0 Å². The van der Waals surface area contributed by atoms with Crippen LogP contribution in [0.2, 0.25) is 0 Å². The third-order valence-electron chi connectivity index (χ3n) is 4.16. The minimum absolute atomic E-state index is 0.277. The Hall–Kier alpha value is -2.74. The van der Waals surface area contributed by atoms with Crippen LogP contribution in [0.5, 0.6) is 0 Å². The van der Waals surface area contributed by atoms with Crippen molar-refractivity contribution in [1.82, 2.24) is 19.9 Å². The van der Waals surface area contributed by atoms with Gasteiger partial charge in [-0.05, 0) is 32.4 Å². The molecule has 1 saturated heterocycles. The predicted molar refractivity (Wildman–Crippen MR) is 95.9 cm³/mol. The number of rotatable bonds is 2. The fraction of sp³-hybridized carbons (Fsp3) is 0.444. The van der Waals surface area contributed by atoms with Gasteiger partial charge in [0.2, 0.25) is 0 Å². The average molecular weight is 357 g/mol. The maximum Gasteiger partial charge on any atom is 0.411 e. The van der Waals surface area contributed by atoms with Crippen LogP contribution in [0, 0.1) is 0 Å². The summed E-state index contributed by atoms with van der Waals surface area (Å²) >= 11 is 0. The molecule has 1 aliphatic heterocycles. The van der Waals surface area contributed by atoms with Crippen LogP contribution in [0.1, 0.15) is 26.3 Å². The van der Waals surface area contributed by atoms with Crippen LogP contribution in [0.4, 0.5) is 4.79 Å². The van der Waals surface area contributed by atoms with E-state index in [-0.39, 0.29) is 12.5 Å². The largest absolute Gasteiger partial charge is 0.444 e. The summed E-state index contributed by atoms with van der Waals surface area (Å²) in [5, 5.41) is 2.07. The van der Waals surface area contributed by atoms with E-state index in [1.54, 1.807) is 27.0 Å². The molecule has 2 aromatic rings. The lowest BCUT2D eigenvalue weighted by Crippen LogP contribution is -2.62. The number of aromatic nitrogens is 2. The van der Waals surface area contributed by atoms with Gasteiger partial charge < -0.3 is 4.74 Å². The fourth-order valence-corrected chi connectivity index (χ4v) is 2.91. The predicted octanol–water partition coefficient (Wildman–Crippen LogP) is 1.49. The number of carbonyl (C=O) groups is 2. The molecule has 2 amide bonds. The molecule has 0 spiro atoms. The molecule has 0 bridgehead atoms. The molecule has 26 heavy (non-hydrogen) atoms. The first-order chi connectivity index (χ1) is 12.2. The Morgan fingerprint density at radius 3 is 2.85 bits per heavy atom. The molecule has 1 unspecified atom stereocenters. The number of fused-ring (bicyclic) bond motifs is 1. The van der Waals surface area contributed by atoms with E-state index < -0.39 is 17.7 Å². The number of nitrogens with zero attached hydrogens (tertiary/aromatic N) is 4. The molecular formula is C18H23N5O3. The van der Waals surface area contributed by atoms with Gasteiger partial charge in [-0.1, -0.05) is 12.1 Å². The lowest BCUT2D eigenvalue weighted by Gasteiger charge is -2.39. The van der Waals surface area contributed by atoms with Gasteiger partial charge in [-0.25, -0.2) is 20.6 Å². The van der Waals surface area contributed by atoms with Crippen molar-refractivity contribution in [2.75, 3.05) is 13.1 Å². The second-order valence-corrected chi connectivity index (χ2v) is 7.34. The molecule has 0 radical (unpaired) electrons. The summed E-state index contributed by atoms with van der Waals surface area (Å²) in [4.78, 5) is 34.8. The Bertz CT molecular complexity index is 833. The van der Waals surface area contributed by atoms with E-state index in [1.165, 1.54) is 11.2 Å². The Balaban J connectivity index is 1.86. The maximum atomic E-state index is 12.6. The second-order valence-electron chi connectivity index (χ2n) is 7.34. The number of ether oxygens (including phenoxy) is 1. The monoisotopic (exact) mass is 357 g/mol. The summed E-state index contributed by atoms with van der Waals surface area (Å²) in [6, 6.07) is 4.99. The molecule has 1 atom stereocenters. The number of piperazine rings is 1. The van der Waals surface area contributed by atoms with Gasteiger partial charge >= 0.3 is 6.09 Å². The summed E-state index contributed by atoms with van der Waals surface area (Å²) in [5.41, 5.74) is 1.04. The summed E-state index contributed by atoms with van der Waals surface area (Å²) in [6.45, 7) is 5.99. The highest BCUT2D eigenvalue weighted by Gasteiger charge is 2.38. The van der Waals surface area contributed by atoms with Gasteiger partial charge in [0, 0.05) is 24.5 Å². The molecule has 1 aromatic heterocycles. The Morgan fingerprint density at radius 1 is 1.35 bits per heavy atom. The highest BCUT2D eigenvalue weighted by atomic mass is 16.6. The normalized spacial score (nSPS) is 18.3. The molecule has 0 aliphatic carbocycles. The molecule has 3 rings (SSSR count). The van der Waals surface area contributed by atoms with Crippen molar-refractivity contribution in [1.29, 1.82) is 0 Å².